The highest BCUT2D eigenvalue weighted by atomic mass is 35.5. The predicted octanol–water partition coefficient (Wildman–Crippen LogP) is 1.36. The molecule has 30 heavy (non-hydrogen) atoms. The molecular weight excluding hydrogens is 433 g/mol. The second kappa shape index (κ2) is 8.00. The first kappa shape index (κ1) is 20.8. The third-order valence-electron chi connectivity index (χ3n) is 4.93. The van der Waals surface area contributed by atoms with E-state index in [0.29, 0.717) is 22.9 Å². The first-order valence-corrected chi connectivity index (χ1v) is 9.66. The van der Waals surface area contributed by atoms with Crippen molar-refractivity contribution in [1.29, 1.82) is 0 Å². The van der Waals surface area contributed by atoms with Gasteiger partial charge in [0.1, 0.15) is 12.2 Å². The normalized spacial score (nSPS) is 26.1. The number of benzene rings is 1. The summed E-state index contributed by atoms with van der Waals surface area (Å²) >= 11 is 12.1. The third kappa shape index (κ3) is 3.48. The van der Waals surface area contributed by atoms with Crippen LogP contribution in [0.2, 0.25) is 10.3 Å². The molecule has 0 radical (unpaired) electrons. The fourth-order valence-corrected chi connectivity index (χ4v) is 3.74. The van der Waals surface area contributed by atoms with Crippen LogP contribution in [0.3, 0.4) is 0 Å². The number of terminal acetylenes is 1. The summed E-state index contributed by atoms with van der Waals surface area (Å²) in [5.41, 5.74) is -0.524. The van der Waals surface area contributed by atoms with Crippen molar-refractivity contribution in [2.45, 2.75) is 30.6 Å². The Labute approximate surface area is 181 Å². The Balaban J connectivity index is 1.68. The number of aliphatic hydroxyl groups is 3. The van der Waals surface area contributed by atoms with Gasteiger partial charge in [0.05, 0.1) is 12.9 Å². The van der Waals surface area contributed by atoms with E-state index in [4.69, 9.17) is 34.4 Å². The zero-order chi connectivity index (χ0) is 21.5. The first-order valence-electron chi connectivity index (χ1n) is 8.90. The Morgan fingerprint density at radius 3 is 2.80 bits per heavy atom. The number of rotatable bonds is 5. The van der Waals surface area contributed by atoms with Crippen molar-refractivity contribution in [3.63, 3.8) is 0 Å². The molecule has 2 aromatic heterocycles. The lowest BCUT2D eigenvalue weighted by Gasteiger charge is -2.23. The van der Waals surface area contributed by atoms with Gasteiger partial charge in [-0.05, 0) is 29.3 Å². The largest absolute Gasteiger partial charge is 0.394 e. The van der Waals surface area contributed by atoms with Crippen molar-refractivity contribution in [1.82, 2.24) is 19.5 Å². The topological polar surface area (TPSA) is 126 Å². The Bertz CT molecular complexity index is 1130. The van der Waals surface area contributed by atoms with Gasteiger partial charge in [-0.2, -0.15) is 9.97 Å². The molecule has 4 atom stereocenters. The van der Waals surface area contributed by atoms with E-state index >= 15 is 0 Å². The summed E-state index contributed by atoms with van der Waals surface area (Å²) in [6.07, 6.45) is 2.87. The van der Waals surface area contributed by atoms with Crippen molar-refractivity contribution in [3.05, 3.63) is 46.5 Å². The first-order chi connectivity index (χ1) is 14.4. The minimum atomic E-state index is -2.07. The monoisotopic (exact) mass is 449 g/mol. The average Bonchev–Trinajstić information content (AvgIpc) is 3.25. The number of hydrogen-bond acceptors (Lipinski definition) is 8. The van der Waals surface area contributed by atoms with Gasteiger partial charge in [-0.3, -0.25) is 4.57 Å². The van der Waals surface area contributed by atoms with E-state index in [2.05, 4.69) is 26.2 Å². The molecule has 0 saturated carbocycles. The van der Waals surface area contributed by atoms with Crippen LogP contribution >= 0.6 is 23.2 Å². The van der Waals surface area contributed by atoms with Crippen molar-refractivity contribution in [3.8, 4) is 12.3 Å². The molecule has 9 nitrogen and oxygen atoms in total. The van der Waals surface area contributed by atoms with Crippen molar-refractivity contribution >= 4 is 40.2 Å². The van der Waals surface area contributed by atoms with Crippen LogP contribution in [0.4, 0.5) is 5.82 Å². The maximum Gasteiger partial charge on any atom is 0.226 e. The lowest BCUT2D eigenvalue weighted by atomic mass is 9.93. The highest BCUT2D eigenvalue weighted by Crippen LogP contribution is 2.38. The summed E-state index contributed by atoms with van der Waals surface area (Å²) in [7, 11) is 0. The second-order valence-corrected chi connectivity index (χ2v) is 7.54. The molecule has 1 aliphatic heterocycles. The highest BCUT2D eigenvalue weighted by molar-refractivity contribution is 6.30. The summed E-state index contributed by atoms with van der Waals surface area (Å²) < 4.78 is 6.98. The summed E-state index contributed by atoms with van der Waals surface area (Å²) in [6.45, 7) is -0.176. The molecule has 3 aromatic rings. The Morgan fingerprint density at radius 2 is 2.13 bits per heavy atom. The number of anilines is 1. The number of nitrogens with one attached hydrogen (secondary N) is 1. The second-order valence-electron chi connectivity index (χ2n) is 6.76. The number of hydrogen-bond donors (Lipinski definition) is 4. The third-order valence-corrected chi connectivity index (χ3v) is 5.33. The number of fused-ring (bicyclic) bond motifs is 1. The number of halogens is 2. The van der Waals surface area contributed by atoms with E-state index in [1.807, 2.05) is 18.2 Å². The molecule has 0 amide bonds. The number of aliphatic hydroxyl groups excluding tert-OH is 2. The van der Waals surface area contributed by atoms with E-state index in [0.717, 1.165) is 5.56 Å². The van der Waals surface area contributed by atoms with Gasteiger partial charge in [0, 0.05) is 11.6 Å². The minimum absolute atomic E-state index is 0.0590. The lowest BCUT2D eigenvalue weighted by Crippen LogP contribution is -2.47. The van der Waals surface area contributed by atoms with Crippen molar-refractivity contribution in [2.24, 2.45) is 0 Å². The lowest BCUT2D eigenvalue weighted by molar-refractivity contribution is -0.0605. The van der Waals surface area contributed by atoms with E-state index in [1.54, 1.807) is 6.07 Å². The number of aromatic nitrogens is 4. The fraction of sp³-hybridized carbons (Fsp3) is 0.316. The number of imidazole rings is 1. The molecule has 1 saturated heterocycles. The van der Waals surface area contributed by atoms with Crippen LogP contribution < -0.4 is 5.32 Å². The van der Waals surface area contributed by atoms with Gasteiger partial charge in [0.25, 0.3) is 0 Å². The van der Waals surface area contributed by atoms with Gasteiger partial charge in [0.15, 0.2) is 28.8 Å². The van der Waals surface area contributed by atoms with Gasteiger partial charge in [-0.1, -0.05) is 29.7 Å². The van der Waals surface area contributed by atoms with Gasteiger partial charge in [-0.15, -0.1) is 6.42 Å². The zero-order valence-electron chi connectivity index (χ0n) is 15.4. The summed E-state index contributed by atoms with van der Waals surface area (Å²) in [5.74, 6) is 2.46. The van der Waals surface area contributed by atoms with Gasteiger partial charge < -0.3 is 25.4 Å². The number of ether oxygens (including phenoxy) is 1. The Morgan fingerprint density at radius 1 is 1.33 bits per heavy atom. The molecule has 0 unspecified atom stereocenters. The molecular formula is C19H17Cl2N5O4. The van der Waals surface area contributed by atoms with E-state index in [-0.39, 0.29) is 10.9 Å². The molecule has 1 aliphatic rings. The average molecular weight is 450 g/mol. The quantitative estimate of drug-likeness (QED) is 0.339. The molecule has 3 heterocycles. The Kier molecular flexibility index (Phi) is 5.55. The summed E-state index contributed by atoms with van der Waals surface area (Å²) in [5, 5.41) is 34.3. The van der Waals surface area contributed by atoms with Crippen LogP contribution in [0, 0.1) is 12.3 Å². The molecule has 156 valence electrons. The van der Waals surface area contributed by atoms with Crippen LogP contribution in [0.5, 0.6) is 0 Å². The van der Waals surface area contributed by atoms with Crippen LogP contribution in [0.1, 0.15) is 11.8 Å². The van der Waals surface area contributed by atoms with Gasteiger partial charge in [-0.25, -0.2) is 4.98 Å². The van der Waals surface area contributed by atoms with Crippen LogP contribution in [0.25, 0.3) is 11.2 Å². The molecule has 0 aliphatic carbocycles. The van der Waals surface area contributed by atoms with E-state index in [1.165, 1.54) is 10.9 Å². The standard InChI is InChI=1S/C19H17Cl2N5O4/c1-2-19(29)12(8-27)30-17(14(19)28)26-9-23-13-15(24-18(21)25-16(13)26)22-7-10-4-3-5-11(20)6-10/h1,3-6,9,12,14,17,27-29H,7-8H2,(H,22,24,25)/t12-,14+,17-,19-/m1/s1. The maximum absolute atomic E-state index is 10.6. The van der Waals surface area contributed by atoms with Crippen molar-refractivity contribution in [2.75, 3.05) is 11.9 Å². The van der Waals surface area contributed by atoms with Gasteiger partial charge >= 0.3 is 0 Å². The maximum atomic E-state index is 10.6. The van der Waals surface area contributed by atoms with Crippen molar-refractivity contribution < 1.29 is 20.1 Å². The van der Waals surface area contributed by atoms with Gasteiger partial charge in [0.2, 0.25) is 5.28 Å². The molecule has 4 N–H and O–H groups in total. The zero-order valence-corrected chi connectivity index (χ0v) is 16.9. The molecule has 4 rings (SSSR count). The van der Waals surface area contributed by atoms with Crippen LogP contribution in [-0.4, -0.2) is 59.3 Å². The Hall–Kier alpha value is -2.45. The summed E-state index contributed by atoms with van der Waals surface area (Å²) in [6, 6.07) is 7.32. The molecule has 11 heteroatoms. The highest BCUT2D eigenvalue weighted by Gasteiger charge is 2.55. The molecule has 1 aromatic carbocycles. The van der Waals surface area contributed by atoms with Crippen LogP contribution in [0.15, 0.2) is 30.6 Å². The smallest absolute Gasteiger partial charge is 0.226 e. The molecule has 1 fully saturated rings. The van der Waals surface area contributed by atoms with Crippen LogP contribution in [-0.2, 0) is 11.3 Å². The molecule has 0 spiro atoms. The SMILES string of the molecule is C#C[C@@]1(O)[C@@H](CO)O[C@@H](n2cnc3c(NCc4cccc(Cl)c4)nc(Cl)nc32)[C@@H]1O. The predicted molar refractivity (Wildman–Crippen MR) is 110 cm³/mol. The van der Waals surface area contributed by atoms with E-state index < -0.39 is 30.6 Å². The van der Waals surface area contributed by atoms with E-state index in [9.17, 15) is 15.3 Å². The molecule has 0 bridgehead atoms. The summed E-state index contributed by atoms with van der Waals surface area (Å²) in [4.78, 5) is 12.7. The number of nitrogens with zero attached hydrogens (tertiary/aromatic N) is 4. The minimum Gasteiger partial charge on any atom is -0.394 e. The fourth-order valence-electron chi connectivity index (χ4n) is 3.36.